The van der Waals surface area contributed by atoms with Crippen molar-refractivity contribution >= 4 is 34.8 Å². The molecule has 0 atom stereocenters. The number of anilines is 2. The van der Waals surface area contributed by atoms with E-state index in [1.807, 2.05) is 0 Å². The van der Waals surface area contributed by atoms with E-state index in [9.17, 15) is 18.4 Å². The van der Waals surface area contributed by atoms with Crippen molar-refractivity contribution < 1.29 is 18.4 Å². The van der Waals surface area contributed by atoms with Crippen LogP contribution in [0.15, 0.2) is 60.7 Å². The van der Waals surface area contributed by atoms with Crippen LogP contribution in [0.5, 0.6) is 0 Å². The van der Waals surface area contributed by atoms with Crippen LogP contribution in [0.2, 0.25) is 5.02 Å². The molecule has 2 amide bonds. The number of benzene rings is 3. The van der Waals surface area contributed by atoms with Gasteiger partial charge in [-0.2, -0.15) is 0 Å². The Labute approximate surface area is 165 Å². The second-order valence-electron chi connectivity index (χ2n) is 6.03. The minimum absolute atomic E-state index is 0.0998. The van der Waals surface area contributed by atoms with Crippen molar-refractivity contribution in [2.45, 2.75) is 6.92 Å². The van der Waals surface area contributed by atoms with Crippen molar-refractivity contribution in [1.82, 2.24) is 0 Å². The molecule has 0 radical (unpaired) electrons. The molecule has 0 aromatic heterocycles. The predicted octanol–water partition coefficient (Wildman–Crippen LogP) is 5.50. The standard InChI is InChI=1S/C21H15ClF2N2O2/c1-12(27)25-20-10-14(4-8-18(20)24)21(28)26-19-9-7-16(23)11-17(19)13-2-5-15(22)6-3-13/h2-11H,1H3,(H,25,27)(H,26,28). The van der Waals surface area contributed by atoms with Crippen LogP contribution in [-0.2, 0) is 4.79 Å². The van der Waals surface area contributed by atoms with Gasteiger partial charge < -0.3 is 10.6 Å². The third-order valence-electron chi connectivity index (χ3n) is 3.92. The van der Waals surface area contributed by atoms with Gasteiger partial charge in [-0.15, -0.1) is 0 Å². The number of hydrogen-bond donors (Lipinski definition) is 2. The number of nitrogens with one attached hydrogen (secondary N) is 2. The molecule has 4 nitrogen and oxygen atoms in total. The van der Waals surface area contributed by atoms with Crippen LogP contribution in [-0.4, -0.2) is 11.8 Å². The summed E-state index contributed by atoms with van der Waals surface area (Å²) in [7, 11) is 0. The zero-order valence-electron chi connectivity index (χ0n) is 14.7. The van der Waals surface area contributed by atoms with Crippen LogP contribution in [0.3, 0.4) is 0 Å². The first-order valence-electron chi connectivity index (χ1n) is 8.27. The molecule has 0 fully saturated rings. The molecule has 28 heavy (non-hydrogen) atoms. The van der Waals surface area contributed by atoms with Crippen molar-refractivity contribution in [3.63, 3.8) is 0 Å². The van der Waals surface area contributed by atoms with Gasteiger partial charge in [-0.05, 0) is 54.1 Å². The van der Waals surface area contributed by atoms with Crippen molar-refractivity contribution in [3.05, 3.63) is 82.9 Å². The summed E-state index contributed by atoms with van der Waals surface area (Å²) in [6.07, 6.45) is 0. The molecule has 0 aliphatic rings. The molecule has 7 heteroatoms. The molecule has 0 aliphatic heterocycles. The molecular weight excluding hydrogens is 386 g/mol. The number of amides is 2. The van der Waals surface area contributed by atoms with E-state index in [0.29, 0.717) is 21.8 Å². The van der Waals surface area contributed by atoms with Gasteiger partial charge in [0, 0.05) is 28.8 Å². The minimum atomic E-state index is -0.657. The van der Waals surface area contributed by atoms with Gasteiger partial charge in [0.15, 0.2) is 0 Å². The Kier molecular flexibility index (Phi) is 5.70. The maximum absolute atomic E-state index is 13.8. The van der Waals surface area contributed by atoms with Crippen LogP contribution in [0, 0.1) is 11.6 Å². The highest BCUT2D eigenvalue weighted by atomic mass is 35.5. The number of rotatable bonds is 4. The van der Waals surface area contributed by atoms with Crippen LogP contribution < -0.4 is 10.6 Å². The molecule has 0 spiro atoms. The van der Waals surface area contributed by atoms with E-state index in [0.717, 1.165) is 6.07 Å². The molecule has 0 bridgehead atoms. The molecule has 0 aliphatic carbocycles. The number of carbonyl (C=O) groups is 2. The molecule has 2 N–H and O–H groups in total. The summed E-state index contributed by atoms with van der Waals surface area (Å²) in [4.78, 5) is 23.8. The van der Waals surface area contributed by atoms with Crippen molar-refractivity contribution in [2.75, 3.05) is 10.6 Å². The summed E-state index contributed by atoms with van der Waals surface area (Å²) >= 11 is 5.89. The third kappa shape index (κ3) is 4.53. The monoisotopic (exact) mass is 400 g/mol. The van der Waals surface area contributed by atoms with Crippen molar-refractivity contribution in [1.29, 1.82) is 0 Å². The van der Waals surface area contributed by atoms with E-state index in [4.69, 9.17) is 11.6 Å². The highest BCUT2D eigenvalue weighted by molar-refractivity contribution is 6.30. The summed E-state index contributed by atoms with van der Waals surface area (Å²) in [5.41, 5.74) is 1.54. The molecule has 3 aromatic rings. The van der Waals surface area contributed by atoms with Crippen LogP contribution in [0.25, 0.3) is 11.1 Å². The highest BCUT2D eigenvalue weighted by Crippen LogP contribution is 2.30. The smallest absolute Gasteiger partial charge is 0.255 e. The Morgan fingerprint density at radius 3 is 2.25 bits per heavy atom. The maximum atomic E-state index is 13.8. The zero-order valence-corrected chi connectivity index (χ0v) is 15.5. The van der Waals surface area contributed by atoms with Gasteiger partial charge in [0.05, 0.1) is 5.69 Å². The summed E-state index contributed by atoms with van der Waals surface area (Å²) < 4.78 is 27.6. The number of carbonyl (C=O) groups excluding carboxylic acids is 2. The van der Waals surface area contributed by atoms with Crippen molar-refractivity contribution in [2.24, 2.45) is 0 Å². The predicted molar refractivity (Wildman–Crippen MR) is 106 cm³/mol. The zero-order chi connectivity index (χ0) is 20.3. The first kappa shape index (κ1) is 19.5. The number of halogens is 3. The fraction of sp³-hybridized carbons (Fsp3) is 0.0476. The Morgan fingerprint density at radius 2 is 1.57 bits per heavy atom. The highest BCUT2D eigenvalue weighted by Gasteiger charge is 2.14. The van der Waals surface area contributed by atoms with Gasteiger partial charge >= 0.3 is 0 Å². The van der Waals surface area contributed by atoms with Gasteiger partial charge in [-0.25, -0.2) is 8.78 Å². The summed E-state index contributed by atoms with van der Waals surface area (Å²) in [5, 5.41) is 5.55. The fourth-order valence-electron chi connectivity index (χ4n) is 2.64. The molecule has 0 unspecified atom stereocenters. The van der Waals surface area contributed by atoms with Gasteiger partial charge in [-0.1, -0.05) is 23.7 Å². The topological polar surface area (TPSA) is 58.2 Å². The normalized spacial score (nSPS) is 10.4. The van der Waals surface area contributed by atoms with E-state index in [1.54, 1.807) is 24.3 Å². The quantitative estimate of drug-likeness (QED) is 0.607. The molecule has 0 saturated carbocycles. The first-order chi connectivity index (χ1) is 13.3. The van der Waals surface area contributed by atoms with Gasteiger partial charge in [-0.3, -0.25) is 9.59 Å². The van der Waals surface area contributed by atoms with Gasteiger partial charge in [0.25, 0.3) is 5.91 Å². The fourth-order valence-corrected chi connectivity index (χ4v) is 2.77. The van der Waals surface area contributed by atoms with E-state index in [-0.39, 0.29) is 11.3 Å². The van der Waals surface area contributed by atoms with Crippen LogP contribution in [0.1, 0.15) is 17.3 Å². The lowest BCUT2D eigenvalue weighted by molar-refractivity contribution is -0.114. The maximum Gasteiger partial charge on any atom is 0.255 e. The van der Waals surface area contributed by atoms with Gasteiger partial charge in [0.2, 0.25) is 5.91 Å². The Morgan fingerprint density at radius 1 is 0.857 bits per heavy atom. The molecule has 0 saturated heterocycles. The number of hydrogen-bond acceptors (Lipinski definition) is 2. The molecule has 3 rings (SSSR count). The van der Waals surface area contributed by atoms with Gasteiger partial charge in [0.1, 0.15) is 11.6 Å². The average molecular weight is 401 g/mol. The Bertz CT molecular complexity index is 1050. The summed E-state index contributed by atoms with van der Waals surface area (Å²) in [5.74, 6) is -2.11. The van der Waals surface area contributed by atoms with E-state index >= 15 is 0 Å². The lowest BCUT2D eigenvalue weighted by atomic mass is 10.0. The molecule has 0 heterocycles. The lowest BCUT2D eigenvalue weighted by Gasteiger charge is -2.13. The molecule has 142 valence electrons. The largest absolute Gasteiger partial charge is 0.324 e. The second kappa shape index (κ2) is 8.19. The van der Waals surface area contributed by atoms with E-state index in [2.05, 4.69) is 10.6 Å². The lowest BCUT2D eigenvalue weighted by Crippen LogP contribution is -2.14. The summed E-state index contributed by atoms with van der Waals surface area (Å²) in [6.45, 7) is 1.24. The average Bonchev–Trinajstić information content (AvgIpc) is 2.65. The minimum Gasteiger partial charge on any atom is -0.324 e. The third-order valence-corrected chi connectivity index (χ3v) is 4.18. The van der Waals surface area contributed by atoms with E-state index < -0.39 is 23.4 Å². The molecule has 3 aromatic carbocycles. The Hall–Kier alpha value is -3.25. The first-order valence-corrected chi connectivity index (χ1v) is 8.65. The SMILES string of the molecule is CC(=O)Nc1cc(C(=O)Nc2ccc(F)cc2-c2ccc(Cl)cc2)ccc1F. The van der Waals surface area contributed by atoms with E-state index in [1.165, 1.54) is 37.3 Å². The van der Waals surface area contributed by atoms with Crippen LogP contribution in [0.4, 0.5) is 20.2 Å². The van der Waals surface area contributed by atoms with Crippen molar-refractivity contribution in [3.8, 4) is 11.1 Å². The second-order valence-corrected chi connectivity index (χ2v) is 6.46. The summed E-state index contributed by atoms with van der Waals surface area (Å²) in [6, 6.07) is 14.3. The Balaban J connectivity index is 1.93. The molecular formula is C21H15ClF2N2O2. The van der Waals surface area contributed by atoms with Crippen LogP contribution >= 0.6 is 11.6 Å².